The molecule has 0 spiro atoms. The molecule has 218 valence electrons. The molecule has 5 rings (SSSR count). The largest absolute Gasteiger partial charge is 0.354 e. The normalized spacial score (nSPS) is 15.2. The topological polar surface area (TPSA) is 114 Å². The van der Waals surface area contributed by atoms with E-state index in [1.165, 1.54) is 40.6 Å². The molecule has 2 amide bonds. The SMILES string of the molecule is CNC(=O)c1cc(-n2c(N[C@@H](C)c3ccc(F)cc3)nc3c(c2=O)C[C@@H](C)N(C(=O)c2ccc(Cl)c(Cl)c2)C3)nn1C. The molecule has 42 heavy (non-hydrogen) atoms. The number of nitrogens with one attached hydrogen (secondary N) is 2. The minimum absolute atomic E-state index is 0.0803. The van der Waals surface area contributed by atoms with Crippen molar-refractivity contribution < 1.29 is 14.0 Å². The maximum absolute atomic E-state index is 14.1. The van der Waals surface area contributed by atoms with Gasteiger partial charge in [-0.1, -0.05) is 35.3 Å². The van der Waals surface area contributed by atoms with Crippen LogP contribution in [0.1, 0.15) is 57.6 Å². The molecule has 10 nitrogen and oxygen atoms in total. The molecule has 2 atom stereocenters. The van der Waals surface area contributed by atoms with Crippen LogP contribution < -0.4 is 16.2 Å². The maximum Gasteiger partial charge on any atom is 0.269 e. The fraction of sp³-hybridized carbons (Fsp3) is 0.276. The third-order valence-electron chi connectivity index (χ3n) is 7.31. The third-order valence-corrected chi connectivity index (χ3v) is 8.05. The molecule has 1 aliphatic heterocycles. The predicted octanol–water partition coefficient (Wildman–Crippen LogP) is 4.53. The Bertz CT molecular complexity index is 1750. The highest BCUT2D eigenvalue weighted by Gasteiger charge is 2.33. The van der Waals surface area contributed by atoms with E-state index < -0.39 is 0 Å². The number of halogens is 3. The number of carbonyl (C=O) groups excluding carboxylic acids is 2. The summed E-state index contributed by atoms with van der Waals surface area (Å²) in [5.74, 6) is -0.645. The van der Waals surface area contributed by atoms with E-state index in [-0.39, 0.29) is 70.7 Å². The summed E-state index contributed by atoms with van der Waals surface area (Å²) in [4.78, 5) is 46.4. The van der Waals surface area contributed by atoms with Crippen LogP contribution in [0.5, 0.6) is 0 Å². The summed E-state index contributed by atoms with van der Waals surface area (Å²) in [7, 11) is 3.11. The van der Waals surface area contributed by atoms with Gasteiger partial charge in [0.05, 0.1) is 28.3 Å². The van der Waals surface area contributed by atoms with Crippen LogP contribution in [-0.2, 0) is 20.0 Å². The smallest absolute Gasteiger partial charge is 0.269 e. The van der Waals surface area contributed by atoms with Gasteiger partial charge in [0, 0.05) is 37.3 Å². The van der Waals surface area contributed by atoms with Crippen LogP contribution >= 0.6 is 23.2 Å². The van der Waals surface area contributed by atoms with Gasteiger partial charge in [0.2, 0.25) is 5.95 Å². The summed E-state index contributed by atoms with van der Waals surface area (Å²) in [6.45, 7) is 3.78. The number of hydrogen-bond acceptors (Lipinski definition) is 6. The van der Waals surface area contributed by atoms with Crippen LogP contribution in [-0.4, -0.2) is 49.1 Å². The quantitative estimate of drug-likeness (QED) is 0.331. The highest BCUT2D eigenvalue weighted by atomic mass is 35.5. The van der Waals surface area contributed by atoms with Gasteiger partial charge in [0.25, 0.3) is 17.4 Å². The van der Waals surface area contributed by atoms with Crippen LogP contribution in [0.3, 0.4) is 0 Å². The van der Waals surface area contributed by atoms with Gasteiger partial charge in [-0.25, -0.2) is 13.9 Å². The Labute approximate surface area is 251 Å². The maximum atomic E-state index is 14.1. The summed E-state index contributed by atoms with van der Waals surface area (Å²) in [6.07, 6.45) is 0.247. The minimum Gasteiger partial charge on any atom is -0.354 e. The van der Waals surface area contributed by atoms with Gasteiger partial charge in [-0.05, 0) is 56.2 Å². The van der Waals surface area contributed by atoms with Gasteiger partial charge in [0.1, 0.15) is 11.5 Å². The van der Waals surface area contributed by atoms with Crippen LogP contribution in [0.25, 0.3) is 5.82 Å². The van der Waals surface area contributed by atoms with E-state index >= 15 is 0 Å². The summed E-state index contributed by atoms with van der Waals surface area (Å²) in [5, 5.41) is 10.9. The first-order chi connectivity index (χ1) is 20.0. The van der Waals surface area contributed by atoms with Crippen molar-refractivity contribution in [2.75, 3.05) is 12.4 Å². The van der Waals surface area contributed by atoms with E-state index in [1.807, 2.05) is 13.8 Å². The van der Waals surface area contributed by atoms with Crippen molar-refractivity contribution in [3.63, 3.8) is 0 Å². The van der Waals surface area contributed by atoms with Gasteiger partial charge in [-0.2, -0.15) is 5.10 Å². The fourth-order valence-electron chi connectivity index (χ4n) is 4.97. The number of carbonyl (C=O) groups is 2. The molecule has 13 heteroatoms. The molecule has 2 aromatic heterocycles. The van der Waals surface area contributed by atoms with E-state index in [1.54, 1.807) is 36.2 Å². The lowest BCUT2D eigenvalue weighted by molar-refractivity contribution is 0.0653. The number of aromatic nitrogens is 4. The van der Waals surface area contributed by atoms with Gasteiger partial charge >= 0.3 is 0 Å². The summed E-state index contributed by atoms with van der Waals surface area (Å²) < 4.78 is 16.3. The number of benzene rings is 2. The Hall–Kier alpha value is -4.22. The van der Waals surface area contributed by atoms with Crippen molar-refractivity contribution in [1.29, 1.82) is 0 Å². The molecule has 0 saturated carbocycles. The summed E-state index contributed by atoms with van der Waals surface area (Å²) in [5.41, 5.74) is 1.87. The second-order valence-electron chi connectivity index (χ2n) is 10.1. The number of anilines is 1. The Kier molecular flexibility index (Phi) is 8.07. The van der Waals surface area contributed by atoms with E-state index in [0.29, 0.717) is 21.8 Å². The molecule has 0 bridgehead atoms. The molecule has 0 saturated heterocycles. The molecule has 0 aliphatic carbocycles. The Morgan fingerprint density at radius 3 is 2.48 bits per heavy atom. The van der Waals surface area contributed by atoms with Crippen molar-refractivity contribution in [2.45, 2.75) is 38.9 Å². The average Bonchev–Trinajstić information content (AvgIpc) is 3.35. The number of rotatable bonds is 6. The highest BCUT2D eigenvalue weighted by Crippen LogP contribution is 2.28. The number of aryl methyl sites for hydroxylation is 1. The molecule has 2 N–H and O–H groups in total. The molecule has 0 fully saturated rings. The molecule has 0 radical (unpaired) electrons. The highest BCUT2D eigenvalue weighted by molar-refractivity contribution is 6.42. The van der Waals surface area contributed by atoms with Crippen molar-refractivity contribution >= 4 is 41.0 Å². The minimum atomic E-state index is -0.389. The molecule has 4 aromatic rings. The average molecular weight is 612 g/mol. The van der Waals surface area contributed by atoms with Gasteiger partial charge in [-0.15, -0.1) is 0 Å². The van der Waals surface area contributed by atoms with Gasteiger partial charge < -0.3 is 15.5 Å². The summed E-state index contributed by atoms with van der Waals surface area (Å²) >= 11 is 12.2. The Morgan fingerprint density at radius 1 is 1.10 bits per heavy atom. The first kappa shape index (κ1) is 29.3. The Balaban J connectivity index is 1.60. The van der Waals surface area contributed by atoms with Crippen LogP contribution in [0.15, 0.2) is 53.3 Å². The lowest BCUT2D eigenvalue weighted by Crippen LogP contribution is -2.46. The second-order valence-corrected chi connectivity index (χ2v) is 10.9. The monoisotopic (exact) mass is 611 g/mol. The summed E-state index contributed by atoms with van der Waals surface area (Å²) in [6, 6.07) is 11.4. The number of fused-ring (bicyclic) bond motifs is 1. The molecular formula is C29H28Cl2FN7O3. The zero-order chi connectivity index (χ0) is 30.3. The standard InChI is InChI=1S/C29H28Cl2FN7O3/c1-15-11-20-23(14-38(15)27(41)18-7-10-21(30)22(31)12-18)35-29(34-16(2)17-5-8-19(32)9-6-17)39(28(20)42)25-13-24(26(40)33-3)37(4)36-25/h5-10,12-13,15-16H,11,14H2,1-4H3,(H,33,40)(H,34,35)/t15-,16+/m1/s1. The van der Waals surface area contributed by atoms with Crippen molar-refractivity contribution in [2.24, 2.45) is 7.05 Å². The van der Waals surface area contributed by atoms with E-state index in [0.717, 1.165) is 5.56 Å². The first-order valence-corrected chi connectivity index (χ1v) is 13.9. The predicted molar refractivity (Wildman–Crippen MR) is 158 cm³/mol. The van der Waals surface area contributed by atoms with E-state index in [9.17, 15) is 18.8 Å². The van der Waals surface area contributed by atoms with Gasteiger partial charge in [-0.3, -0.25) is 19.1 Å². The number of amides is 2. The van der Waals surface area contributed by atoms with E-state index in [2.05, 4.69) is 15.7 Å². The van der Waals surface area contributed by atoms with Crippen LogP contribution in [0.4, 0.5) is 10.3 Å². The third kappa shape index (κ3) is 5.49. The number of nitrogens with zero attached hydrogens (tertiary/aromatic N) is 5. The molecule has 2 aromatic carbocycles. The first-order valence-electron chi connectivity index (χ1n) is 13.2. The van der Waals surface area contributed by atoms with Crippen LogP contribution in [0.2, 0.25) is 10.0 Å². The Morgan fingerprint density at radius 2 is 1.81 bits per heavy atom. The molecule has 0 unspecified atom stereocenters. The second kappa shape index (κ2) is 11.6. The lowest BCUT2D eigenvalue weighted by atomic mass is 9.98. The van der Waals surface area contributed by atoms with Crippen molar-refractivity contribution in [3.05, 3.63) is 103 Å². The molecule has 3 heterocycles. The lowest BCUT2D eigenvalue weighted by Gasteiger charge is -2.34. The van der Waals surface area contributed by atoms with Crippen molar-refractivity contribution in [3.8, 4) is 5.82 Å². The fourth-order valence-corrected chi connectivity index (χ4v) is 5.26. The van der Waals surface area contributed by atoms with Crippen molar-refractivity contribution in [1.82, 2.24) is 29.5 Å². The van der Waals surface area contributed by atoms with Gasteiger partial charge in [0.15, 0.2) is 5.82 Å². The number of hydrogen-bond donors (Lipinski definition) is 2. The zero-order valence-electron chi connectivity index (χ0n) is 23.3. The molecule has 1 aliphatic rings. The van der Waals surface area contributed by atoms with E-state index in [4.69, 9.17) is 28.2 Å². The molecular weight excluding hydrogens is 584 g/mol. The van der Waals surface area contributed by atoms with Crippen LogP contribution in [0, 0.1) is 5.82 Å². The zero-order valence-corrected chi connectivity index (χ0v) is 24.8.